The van der Waals surface area contributed by atoms with E-state index < -0.39 is 93.1 Å². The number of amides is 6. The van der Waals surface area contributed by atoms with Crippen molar-refractivity contribution in [2.24, 2.45) is 0 Å². The van der Waals surface area contributed by atoms with Crippen molar-refractivity contribution in [1.82, 2.24) is 30.7 Å². The molecule has 0 saturated carbocycles. The predicted molar refractivity (Wildman–Crippen MR) is 215 cm³/mol. The van der Waals surface area contributed by atoms with Gasteiger partial charge in [0.1, 0.15) is 47.8 Å². The third-order valence-electron chi connectivity index (χ3n) is 10.6. The zero-order chi connectivity index (χ0) is 45.8. The topological polar surface area (TPSA) is 210 Å². The van der Waals surface area contributed by atoms with Gasteiger partial charge in [-0.25, -0.2) is 0 Å². The highest BCUT2D eigenvalue weighted by molar-refractivity contribution is 7.88. The Hall–Kier alpha value is -6.38. The van der Waals surface area contributed by atoms with Crippen LogP contribution in [0.15, 0.2) is 66.7 Å². The summed E-state index contributed by atoms with van der Waals surface area (Å²) in [5, 5.41) is 7.77. The van der Waals surface area contributed by atoms with Crippen molar-refractivity contribution in [2.75, 3.05) is 28.3 Å². The number of benzene rings is 3. The summed E-state index contributed by atoms with van der Waals surface area (Å²) in [4.78, 5) is 87.9. The molecule has 1 saturated heterocycles. The molecule has 62 heavy (non-hydrogen) atoms. The molecule has 3 aliphatic rings. The monoisotopic (exact) mass is 888 g/mol. The zero-order valence-electron chi connectivity index (χ0n) is 34.8. The Morgan fingerprint density at radius 1 is 0.677 bits per heavy atom. The normalized spacial score (nSPS) is 23.7. The number of carbonyl (C=O) groups excluding carboxylic acids is 6. The molecular formula is C41H47F3N6O11S. The summed E-state index contributed by atoms with van der Waals surface area (Å²) >= 11 is 0. The van der Waals surface area contributed by atoms with Crippen LogP contribution in [-0.2, 0) is 58.1 Å². The molecule has 3 heterocycles. The van der Waals surface area contributed by atoms with Crippen molar-refractivity contribution in [1.29, 1.82) is 0 Å². The molecule has 0 spiro atoms. The third kappa shape index (κ3) is 10.6. The molecule has 21 heteroatoms. The van der Waals surface area contributed by atoms with Crippen LogP contribution in [0.1, 0.15) is 37.5 Å². The number of nitrogens with one attached hydrogen (secondary N) is 3. The van der Waals surface area contributed by atoms with Gasteiger partial charge < -0.3 is 44.3 Å². The second-order valence-corrected chi connectivity index (χ2v) is 16.6. The van der Waals surface area contributed by atoms with E-state index in [0.29, 0.717) is 28.4 Å². The lowest BCUT2D eigenvalue weighted by molar-refractivity contribution is -0.149. The minimum atomic E-state index is -5.98. The first kappa shape index (κ1) is 46.7. The maximum absolute atomic E-state index is 14.7. The number of nitrogens with zero attached hydrogens (tertiary/aromatic N) is 3. The van der Waals surface area contributed by atoms with Crippen LogP contribution in [0.5, 0.6) is 23.0 Å². The molecule has 0 unspecified atom stereocenters. The van der Waals surface area contributed by atoms with Crippen LogP contribution in [0.4, 0.5) is 13.2 Å². The second kappa shape index (κ2) is 18.7. The Balaban J connectivity index is 1.54. The third-order valence-corrected chi connectivity index (χ3v) is 11.6. The van der Waals surface area contributed by atoms with Crippen molar-refractivity contribution in [3.63, 3.8) is 0 Å². The van der Waals surface area contributed by atoms with E-state index in [4.69, 9.17) is 9.47 Å². The number of halogens is 3. The van der Waals surface area contributed by atoms with Crippen LogP contribution >= 0.6 is 0 Å². The second-order valence-electron chi connectivity index (χ2n) is 15.1. The quantitative estimate of drug-likeness (QED) is 0.250. The minimum absolute atomic E-state index is 0.0458. The summed E-state index contributed by atoms with van der Waals surface area (Å²) in [6.07, 6.45) is -0.427. The minimum Gasteiger partial charge on any atom is -0.493 e. The Bertz CT molecular complexity index is 2310. The van der Waals surface area contributed by atoms with Crippen molar-refractivity contribution in [3.05, 3.63) is 83.4 Å². The smallest absolute Gasteiger partial charge is 0.493 e. The van der Waals surface area contributed by atoms with Crippen LogP contribution in [0.25, 0.3) is 0 Å². The standard InChI is InChI=1S/C41H47F3N6O11S/c1-22-35(51)46-23(2)38(54)48(4)30(18-25-10-15-29(16-11-25)61-62(57,58)41(42,43)44)37(53)47-24(3)39(55)50(6)32-19-26-8-13-28(14-9-26)60-34-21-27(12-17-33(34)59-7)20-31(36(52)45-22)49(5)40(32)56/h8-17,21-24,30-32H,18-20H2,1-7H3,(H,45,52)(H,46,51)(H,47,53)/t22-,23+,24+,30+,31+,32+/m1/s1. The number of hydrogen-bond donors (Lipinski definition) is 3. The molecule has 17 nitrogen and oxygen atoms in total. The van der Waals surface area contributed by atoms with Crippen LogP contribution in [-0.4, -0.2) is 129 Å². The number of ether oxygens (including phenoxy) is 2. The van der Waals surface area contributed by atoms with E-state index in [9.17, 15) is 50.4 Å². The summed E-state index contributed by atoms with van der Waals surface area (Å²) < 4.78 is 77.6. The highest BCUT2D eigenvalue weighted by Crippen LogP contribution is 2.34. The molecule has 6 amide bonds. The van der Waals surface area contributed by atoms with Crippen LogP contribution in [0, 0.1) is 0 Å². The number of carbonyl (C=O) groups is 6. The van der Waals surface area contributed by atoms with E-state index in [0.717, 1.165) is 21.9 Å². The fourth-order valence-electron chi connectivity index (χ4n) is 6.93. The highest BCUT2D eigenvalue weighted by Gasteiger charge is 2.48. The van der Waals surface area contributed by atoms with Gasteiger partial charge in [-0.3, -0.25) is 28.8 Å². The zero-order valence-corrected chi connectivity index (χ0v) is 35.6. The first-order valence-electron chi connectivity index (χ1n) is 19.3. The van der Waals surface area contributed by atoms with Crippen LogP contribution in [0.2, 0.25) is 0 Å². The molecule has 3 aromatic carbocycles. The maximum atomic E-state index is 14.7. The molecule has 334 valence electrons. The van der Waals surface area contributed by atoms with E-state index in [-0.39, 0.29) is 24.8 Å². The average Bonchev–Trinajstić information content (AvgIpc) is 3.22. The number of likely N-dealkylation sites (N-methyl/N-ethyl adjacent to an activating group) is 3. The highest BCUT2D eigenvalue weighted by atomic mass is 32.2. The molecular weight excluding hydrogens is 842 g/mol. The molecule has 0 aliphatic carbocycles. The first-order chi connectivity index (χ1) is 29.0. The van der Waals surface area contributed by atoms with Gasteiger partial charge in [-0.05, 0) is 73.9 Å². The number of rotatable bonds is 5. The van der Waals surface area contributed by atoms with Crippen molar-refractivity contribution < 1.29 is 64.0 Å². The van der Waals surface area contributed by atoms with Crippen molar-refractivity contribution >= 4 is 45.6 Å². The Morgan fingerprint density at radius 3 is 1.81 bits per heavy atom. The van der Waals surface area contributed by atoms with Gasteiger partial charge in [-0.15, -0.1) is 0 Å². The Labute approximate surface area is 355 Å². The molecule has 6 bridgehead atoms. The predicted octanol–water partition coefficient (Wildman–Crippen LogP) is 2.07. The number of methoxy groups -OCH3 is 1. The summed E-state index contributed by atoms with van der Waals surface area (Å²) in [5.74, 6) is -4.01. The molecule has 0 radical (unpaired) electrons. The maximum Gasteiger partial charge on any atom is 0.534 e. The van der Waals surface area contributed by atoms with E-state index in [2.05, 4.69) is 20.1 Å². The lowest BCUT2D eigenvalue weighted by Crippen LogP contribution is -2.61. The van der Waals surface area contributed by atoms with E-state index in [1.807, 2.05) is 0 Å². The largest absolute Gasteiger partial charge is 0.534 e. The summed E-state index contributed by atoms with van der Waals surface area (Å²) in [6.45, 7) is 4.08. The number of hydrogen-bond acceptors (Lipinski definition) is 11. The lowest BCUT2D eigenvalue weighted by atomic mass is 9.98. The molecule has 6 rings (SSSR count). The number of alkyl halides is 3. The van der Waals surface area contributed by atoms with Gasteiger partial charge in [0.2, 0.25) is 35.4 Å². The molecule has 3 N–H and O–H groups in total. The Kier molecular flexibility index (Phi) is 14.1. The summed E-state index contributed by atoms with van der Waals surface area (Å²) in [6, 6.07) is 8.22. The van der Waals surface area contributed by atoms with Crippen LogP contribution < -0.4 is 29.6 Å². The molecule has 3 aromatic rings. The summed E-state index contributed by atoms with van der Waals surface area (Å²) in [7, 11) is -0.473. The fraction of sp³-hybridized carbons (Fsp3) is 0.415. The molecule has 1 fully saturated rings. The fourth-order valence-corrected chi connectivity index (χ4v) is 7.39. The Morgan fingerprint density at radius 2 is 1.21 bits per heavy atom. The first-order valence-corrected chi connectivity index (χ1v) is 20.7. The van der Waals surface area contributed by atoms with Gasteiger partial charge in [0.05, 0.1) is 7.11 Å². The van der Waals surface area contributed by atoms with Gasteiger partial charge in [-0.1, -0.05) is 30.3 Å². The van der Waals surface area contributed by atoms with Gasteiger partial charge in [-0.2, -0.15) is 21.6 Å². The molecule has 0 aromatic heterocycles. The van der Waals surface area contributed by atoms with E-state index >= 15 is 0 Å². The van der Waals surface area contributed by atoms with E-state index in [1.165, 1.54) is 66.1 Å². The molecule has 3 aliphatic heterocycles. The lowest BCUT2D eigenvalue weighted by Gasteiger charge is -2.36. The average molecular weight is 889 g/mol. The van der Waals surface area contributed by atoms with Gasteiger partial charge in [0.15, 0.2) is 11.5 Å². The van der Waals surface area contributed by atoms with Crippen molar-refractivity contribution in [3.8, 4) is 23.0 Å². The van der Waals surface area contributed by atoms with Gasteiger partial charge >= 0.3 is 15.6 Å². The SMILES string of the molecule is COc1ccc2cc1Oc1ccc(cc1)C[C@H]1C(=O)N(C)[C@@H](C2)C(=O)N[C@H](C)C(=O)N[C@@H](C)C(=O)N(C)[C@@H](Cc2ccc(OS(=O)(=O)C(F)(F)F)cc2)C(=O)N[C@@H](C)C(=O)N1C. The van der Waals surface area contributed by atoms with E-state index in [1.54, 1.807) is 42.5 Å². The summed E-state index contributed by atoms with van der Waals surface area (Å²) in [5.41, 5.74) is -4.29. The number of fused-ring (bicyclic) bond motifs is 2. The van der Waals surface area contributed by atoms with Gasteiger partial charge in [0.25, 0.3) is 0 Å². The molecule has 6 atom stereocenters. The van der Waals surface area contributed by atoms with Crippen LogP contribution in [0.3, 0.4) is 0 Å². The van der Waals surface area contributed by atoms with Crippen molar-refractivity contribution in [2.45, 2.75) is 81.8 Å². The van der Waals surface area contributed by atoms with Gasteiger partial charge in [0, 0.05) is 40.4 Å².